The number of nitrogens with one attached hydrogen (secondary N) is 1. The third-order valence-corrected chi connectivity index (χ3v) is 3.09. The number of hydrogen-bond donors (Lipinski definition) is 1. The SMILES string of the molecule is Fc1ccc(Cc2nc3nc(Br)ccc3[nH]2)cc1. The second-order valence-electron chi connectivity index (χ2n) is 3.99. The molecule has 0 aliphatic carbocycles. The second kappa shape index (κ2) is 4.49. The van der Waals surface area contributed by atoms with Gasteiger partial charge in [0, 0.05) is 6.42 Å². The summed E-state index contributed by atoms with van der Waals surface area (Å²) in [5.74, 6) is 0.594. The molecule has 0 atom stereocenters. The highest BCUT2D eigenvalue weighted by Gasteiger charge is 2.05. The van der Waals surface area contributed by atoms with Gasteiger partial charge in [0.1, 0.15) is 16.2 Å². The molecule has 0 spiro atoms. The Morgan fingerprint density at radius 2 is 1.83 bits per heavy atom. The number of halogens is 2. The van der Waals surface area contributed by atoms with Crippen LogP contribution in [0.25, 0.3) is 11.2 Å². The van der Waals surface area contributed by atoms with E-state index >= 15 is 0 Å². The number of aromatic nitrogens is 3. The van der Waals surface area contributed by atoms with Crippen LogP contribution in [0.3, 0.4) is 0 Å². The van der Waals surface area contributed by atoms with E-state index in [9.17, 15) is 4.39 Å². The van der Waals surface area contributed by atoms with E-state index in [1.54, 1.807) is 12.1 Å². The molecule has 1 aromatic carbocycles. The normalized spacial score (nSPS) is 11.0. The molecule has 0 aliphatic rings. The Hall–Kier alpha value is -1.75. The first-order chi connectivity index (χ1) is 8.70. The number of aromatic amines is 1. The lowest BCUT2D eigenvalue weighted by Crippen LogP contribution is -1.90. The van der Waals surface area contributed by atoms with Crippen LogP contribution in [-0.4, -0.2) is 15.0 Å². The Morgan fingerprint density at radius 3 is 2.61 bits per heavy atom. The van der Waals surface area contributed by atoms with Gasteiger partial charge in [-0.2, -0.15) is 0 Å². The number of nitrogens with zero attached hydrogens (tertiary/aromatic N) is 2. The molecule has 2 heterocycles. The number of H-pyrrole nitrogens is 1. The third kappa shape index (κ3) is 2.26. The summed E-state index contributed by atoms with van der Waals surface area (Å²) in [4.78, 5) is 11.9. The van der Waals surface area contributed by atoms with E-state index in [4.69, 9.17) is 0 Å². The van der Waals surface area contributed by atoms with Crippen molar-refractivity contribution in [1.29, 1.82) is 0 Å². The summed E-state index contributed by atoms with van der Waals surface area (Å²) < 4.78 is 13.6. The maximum absolute atomic E-state index is 12.8. The molecule has 3 aromatic rings. The van der Waals surface area contributed by atoms with Crippen LogP contribution in [-0.2, 0) is 6.42 Å². The highest BCUT2D eigenvalue weighted by molar-refractivity contribution is 9.10. The standard InChI is InChI=1S/C13H9BrFN3/c14-11-6-5-10-13(17-11)18-12(16-10)7-8-1-3-9(15)4-2-8/h1-6H,7H2,(H,16,17,18). The Bertz CT molecular complexity index is 691. The highest BCUT2D eigenvalue weighted by Crippen LogP contribution is 2.15. The Morgan fingerprint density at radius 1 is 1.06 bits per heavy atom. The molecule has 0 saturated heterocycles. The molecule has 90 valence electrons. The fraction of sp³-hybridized carbons (Fsp3) is 0.0769. The van der Waals surface area contributed by atoms with Gasteiger partial charge in [-0.15, -0.1) is 0 Å². The molecule has 18 heavy (non-hydrogen) atoms. The number of pyridine rings is 1. The quantitative estimate of drug-likeness (QED) is 0.737. The summed E-state index contributed by atoms with van der Waals surface area (Å²) in [5, 5.41) is 0. The van der Waals surface area contributed by atoms with Crippen LogP contribution >= 0.6 is 15.9 Å². The minimum absolute atomic E-state index is 0.228. The van der Waals surface area contributed by atoms with E-state index in [0.717, 1.165) is 21.5 Å². The monoisotopic (exact) mass is 305 g/mol. The van der Waals surface area contributed by atoms with Gasteiger partial charge >= 0.3 is 0 Å². The van der Waals surface area contributed by atoms with Crippen LogP contribution in [0.2, 0.25) is 0 Å². The molecule has 0 saturated carbocycles. The molecule has 0 unspecified atom stereocenters. The molecule has 0 amide bonds. The first kappa shape index (κ1) is 11.3. The van der Waals surface area contributed by atoms with E-state index in [2.05, 4.69) is 30.9 Å². The van der Waals surface area contributed by atoms with Crippen LogP contribution in [0.4, 0.5) is 4.39 Å². The molecular weight excluding hydrogens is 297 g/mol. The van der Waals surface area contributed by atoms with E-state index in [-0.39, 0.29) is 5.82 Å². The van der Waals surface area contributed by atoms with Crippen molar-refractivity contribution < 1.29 is 4.39 Å². The zero-order valence-electron chi connectivity index (χ0n) is 9.32. The summed E-state index contributed by atoms with van der Waals surface area (Å²) >= 11 is 3.31. The average Bonchev–Trinajstić information content (AvgIpc) is 2.73. The van der Waals surface area contributed by atoms with Crippen molar-refractivity contribution in [1.82, 2.24) is 15.0 Å². The fourth-order valence-corrected chi connectivity index (χ4v) is 2.10. The van der Waals surface area contributed by atoms with Crippen molar-refractivity contribution in [3.8, 4) is 0 Å². The van der Waals surface area contributed by atoms with Crippen LogP contribution in [0.1, 0.15) is 11.4 Å². The zero-order valence-corrected chi connectivity index (χ0v) is 10.9. The lowest BCUT2D eigenvalue weighted by molar-refractivity contribution is 0.627. The number of hydrogen-bond acceptors (Lipinski definition) is 2. The molecule has 0 radical (unpaired) electrons. The largest absolute Gasteiger partial charge is 0.340 e. The summed E-state index contributed by atoms with van der Waals surface area (Å²) in [7, 11) is 0. The predicted octanol–water partition coefficient (Wildman–Crippen LogP) is 3.45. The van der Waals surface area contributed by atoms with Gasteiger partial charge in [-0.3, -0.25) is 0 Å². The van der Waals surface area contributed by atoms with Gasteiger partial charge in [0.15, 0.2) is 5.65 Å². The van der Waals surface area contributed by atoms with E-state index in [0.29, 0.717) is 12.1 Å². The average molecular weight is 306 g/mol. The van der Waals surface area contributed by atoms with Crippen molar-refractivity contribution in [2.24, 2.45) is 0 Å². The van der Waals surface area contributed by atoms with E-state index < -0.39 is 0 Å². The van der Waals surface area contributed by atoms with Gasteiger partial charge in [-0.25, -0.2) is 14.4 Å². The summed E-state index contributed by atoms with van der Waals surface area (Å²) in [6.45, 7) is 0. The molecule has 0 fully saturated rings. The van der Waals surface area contributed by atoms with Crippen molar-refractivity contribution >= 4 is 27.1 Å². The van der Waals surface area contributed by atoms with Crippen molar-refractivity contribution in [3.63, 3.8) is 0 Å². The Balaban J connectivity index is 1.92. The van der Waals surface area contributed by atoms with Crippen molar-refractivity contribution in [2.45, 2.75) is 6.42 Å². The minimum Gasteiger partial charge on any atom is -0.340 e. The molecule has 5 heteroatoms. The number of benzene rings is 1. The topological polar surface area (TPSA) is 41.6 Å². The van der Waals surface area contributed by atoms with E-state index in [1.165, 1.54) is 12.1 Å². The van der Waals surface area contributed by atoms with Crippen LogP contribution in [0.5, 0.6) is 0 Å². The van der Waals surface area contributed by atoms with Crippen LogP contribution in [0.15, 0.2) is 41.0 Å². The molecule has 0 bridgehead atoms. The minimum atomic E-state index is -0.228. The summed E-state index contributed by atoms with van der Waals surface area (Å²) in [5.41, 5.74) is 2.59. The molecular formula is C13H9BrFN3. The van der Waals surface area contributed by atoms with Gasteiger partial charge in [-0.05, 0) is 45.8 Å². The fourth-order valence-electron chi connectivity index (χ4n) is 1.80. The second-order valence-corrected chi connectivity index (χ2v) is 4.80. The lowest BCUT2D eigenvalue weighted by Gasteiger charge is -1.97. The smallest absolute Gasteiger partial charge is 0.178 e. The molecule has 2 aromatic heterocycles. The third-order valence-electron chi connectivity index (χ3n) is 2.65. The van der Waals surface area contributed by atoms with E-state index in [1.807, 2.05) is 12.1 Å². The van der Waals surface area contributed by atoms with Gasteiger partial charge in [-0.1, -0.05) is 12.1 Å². The van der Waals surface area contributed by atoms with Gasteiger partial charge in [0.2, 0.25) is 0 Å². The van der Waals surface area contributed by atoms with Crippen LogP contribution in [0, 0.1) is 5.82 Å². The Kier molecular flexibility index (Phi) is 2.83. The highest BCUT2D eigenvalue weighted by atomic mass is 79.9. The summed E-state index contributed by atoms with van der Waals surface area (Å²) in [6, 6.07) is 10.2. The van der Waals surface area contributed by atoms with Gasteiger partial charge < -0.3 is 4.98 Å². The molecule has 3 rings (SSSR count). The van der Waals surface area contributed by atoms with Crippen molar-refractivity contribution in [3.05, 3.63) is 58.2 Å². The number of fused-ring (bicyclic) bond motifs is 1. The first-order valence-electron chi connectivity index (χ1n) is 5.46. The predicted molar refractivity (Wildman–Crippen MR) is 70.8 cm³/mol. The Labute approximate surface area is 111 Å². The maximum atomic E-state index is 12.8. The number of rotatable bonds is 2. The molecule has 0 aliphatic heterocycles. The molecule has 3 nitrogen and oxygen atoms in total. The molecule has 1 N–H and O–H groups in total. The van der Waals surface area contributed by atoms with Gasteiger partial charge in [0.25, 0.3) is 0 Å². The summed E-state index contributed by atoms with van der Waals surface area (Å²) in [6.07, 6.45) is 0.633. The van der Waals surface area contributed by atoms with Crippen LogP contribution < -0.4 is 0 Å². The van der Waals surface area contributed by atoms with Crippen molar-refractivity contribution in [2.75, 3.05) is 0 Å². The number of imidazole rings is 1. The van der Waals surface area contributed by atoms with Gasteiger partial charge in [0.05, 0.1) is 5.52 Å². The zero-order chi connectivity index (χ0) is 12.5. The lowest BCUT2D eigenvalue weighted by atomic mass is 10.1. The first-order valence-corrected chi connectivity index (χ1v) is 6.25. The maximum Gasteiger partial charge on any atom is 0.178 e.